The van der Waals surface area contributed by atoms with Crippen LogP contribution in [-0.2, 0) is 0 Å². The maximum absolute atomic E-state index is 2.47. The predicted octanol–water partition coefficient (Wildman–Crippen LogP) is 5.34. The van der Waals surface area contributed by atoms with Crippen molar-refractivity contribution in [3.05, 3.63) is 12.2 Å². The van der Waals surface area contributed by atoms with E-state index in [0.29, 0.717) is 0 Å². The zero-order valence-corrected chi connectivity index (χ0v) is 10.4. The van der Waals surface area contributed by atoms with Gasteiger partial charge in [0.1, 0.15) is 0 Å². The lowest BCUT2D eigenvalue weighted by Crippen LogP contribution is -1.95. The molecule has 0 aromatic carbocycles. The standard InChI is InChI=1S/C14H28/c1-4-7-9-10-13-14(11-6-3)12-8-5-2/h10,13-14H,4-9,11-12H2,1-3H3. The van der Waals surface area contributed by atoms with Crippen LogP contribution >= 0.6 is 0 Å². The van der Waals surface area contributed by atoms with Gasteiger partial charge in [0, 0.05) is 0 Å². The van der Waals surface area contributed by atoms with Gasteiger partial charge >= 0.3 is 0 Å². The fourth-order valence-corrected chi connectivity index (χ4v) is 1.78. The molecule has 0 aliphatic carbocycles. The third kappa shape index (κ3) is 8.34. The SMILES string of the molecule is CCCCC=CC(CCC)CCCC. The molecule has 0 aromatic rings. The van der Waals surface area contributed by atoms with Gasteiger partial charge in [0.05, 0.1) is 0 Å². The minimum atomic E-state index is 0.858. The summed E-state index contributed by atoms with van der Waals surface area (Å²) < 4.78 is 0. The Hall–Kier alpha value is -0.260. The van der Waals surface area contributed by atoms with Crippen molar-refractivity contribution in [2.24, 2.45) is 5.92 Å². The molecule has 0 bridgehead atoms. The lowest BCUT2D eigenvalue weighted by Gasteiger charge is -2.10. The van der Waals surface area contributed by atoms with E-state index in [9.17, 15) is 0 Å². The maximum atomic E-state index is 2.47. The Morgan fingerprint density at radius 2 is 1.57 bits per heavy atom. The zero-order chi connectivity index (χ0) is 10.6. The molecule has 0 radical (unpaired) electrons. The van der Waals surface area contributed by atoms with Crippen LogP contribution in [0.3, 0.4) is 0 Å². The average Bonchev–Trinajstić information content (AvgIpc) is 2.20. The summed E-state index contributed by atoms with van der Waals surface area (Å²) in [6.07, 6.45) is 15.6. The molecular formula is C14H28. The molecule has 0 aromatic heterocycles. The van der Waals surface area contributed by atoms with Crippen molar-refractivity contribution in [2.75, 3.05) is 0 Å². The van der Waals surface area contributed by atoms with Gasteiger partial charge in [-0.1, -0.05) is 65.0 Å². The van der Waals surface area contributed by atoms with E-state index in [1.54, 1.807) is 0 Å². The van der Waals surface area contributed by atoms with Gasteiger partial charge in [0.25, 0.3) is 0 Å². The highest BCUT2D eigenvalue weighted by Gasteiger charge is 2.01. The molecule has 0 fully saturated rings. The molecule has 1 atom stereocenters. The van der Waals surface area contributed by atoms with Crippen molar-refractivity contribution in [1.82, 2.24) is 0 Å². The van der Waals surface area contributed by atoms with Gasteiger partial charge in [0.2, 0.25) is 0 Å². The molecule has 0 amide bonds. The quantitative estimate of drug-likeness (QED) is 0.345. The van der Waals surface area contributed by atoms with Crippen LogP contribution in [0.2, 0.25) is 0 Å². The molecule has 0 N–H and O–H groups in total. The molecule has 0 heterocycles. The predicted molar refractivity (Wildman–Crippen MR) is 66.6 cm³/mol. The summed E-state index contributed by atoms with van der Waals surface area (Å²) in [5.41, 5.74) is 0. The fourth-order valence-electron chi connectivity index (χ4n) is 1.78. The van der Waals surface area contributed by atoms with Gasteiger partial charge in [-0.2, -0.15) is 0 Å². The lowest BCUT2D eigenvalue weighted by atomic mass is 9.96. The topological polar surface area (TPSA) is 0 Å². The summed E-state index contributed by atoms with van der Waals surface area (Å²) in [7, 11) is 0. The van der Waals surface area contributed by atoms with E-state index < -0.39 is 0 Å². The molecule has 84 valence electrons. The summed E-state index contributed by atoms with van der Waals surface area (Å²) in [4.78, 5) is 0. The molecule has 0 rings (SSSR count). The van der Waals surface area contributed by atoms with Crippen LogP contribution in [0.5, 0.6) is 0 Å². The molecule has 14 heavy (non-hydrogen) atoms. The molecular weight excluding hydrogens is 168 g/mol. The first kappa shape index (κ1) is 13.7. The van der Waals surface area contributed by atoms with E-state index in [1.807, 2.05) is 0 Å². The number of hydrogen-bond donors (Lipinski definition) is 0. The normalized spacial score (nSPS) is 13.6. The molecule has 1 unspecified atom stereocenters. The van der Waals surface area contributed by atoms with E-state index in [1.165, 1.54) is 51.4 Å². The van der Waals surface area contributed by atoms with Gasteiger partial charge in [-0.05, 0) is 25.2 Å². The first-order valence-electron chi connectivity index (χ1n) is 6.51. The smallest absolute Gasteiger partial charge is 0.0234 e. The van der Waals surface area contributed by atoms with Crippen LogP contribution in [0.4, 0.5) is 0 Å². The van der Waals surface area contributed by atoms with Gasteiger partial charge < -0.3 is 0 Å². The van der Waals surface area contributed by atoms with Crippen LogP contribution in [-0.4, -0.2) is 0 Å². The van der Waals surface area contributed by atoms with Crippen molar-refractivity contribution in [2.45, 2.75) is 72.1 Å². The minimum absolute atomic E-state index is 0.858. The van der Waals surface area contributed by atoms with Crippen LogP contribution in [0.1, 0.15) is 72.1 Å². The van der Waals surface area contributed by atoms with E-state index in [4.69, 9.17) is 0 Å². The second kappa shape index (κ2) is 10.8. The molecule has 0 spiro atoms. The van der Waals surface area contributed by atoms with Gasteiger partial charge in [-0.25, -0.2) is 0 Å². The Kier molecular flexibility index (Phi) is 10.6. The van der Waals surface area contributed by atoms with Crippen molar-refractivity contribution in [3.63, 3.8) is 0 Å². The van der Waals surface area contributed by atoms with Gasteiger partial charge in [-0.3, -0.25) is 0 Å². The second-order valence-corrected chi connectivity index (χ2v) is 4.26. The summed E-state index contributed by atoms with van der Waals surface area (Å²) in [6.45, 7) is 6.83. The van der Waals surface area contributed by atoms with Crippen molar-refractivity contribution < 1.29 is 0 Å². The summed E-state index contributed by atoms with van der Waals surface area (Å²) in [6, 6.07) is 0. The van der Waals surface area contributed by atoms with Gasteiger partial charge in [-0.15, -0.1) is 0 Å². The molecule has 0 nitrogen and oxygen atoms in total. The van der Waals surface area contributed by atoms with Crippen molar-refractivity contribution in [3.8, 4) is 0 Å². The highest BCUT2D eigenvalue weighted by atomic mass is 14.1. The minimum Gasteiger partial charge on any atom is -0.0883 e. The zero-order valence-electron chi connectivity index (χ0n) is 10.4. The Labute approximate surface area is 90.8 Å². The monoisotopic (exact) mass is 196 g/mol. The third-order valence-corrected chi connectivity index (χ3v) is 2.72. The van der Waals surface area contributed by atoms with Crippen LogP contribution in [0.15, 0.2) is 12.2 Å². The van der Waals surface area contributed by atoms with E-state index in [2.05, 4.69) is 32.9 Å². The number of allylic oxidation sites excluding steroid dienone is 2. The molecule has 0 aliphatic rings. The molecule has 0 saturated heterocycles. The second-order valence-electron chi connectivity index (χ2n) is 4.26. The Bertz CT molecular complexity index is 124. The first-order valence-corrected chi connectivity index (χ1v) is 6.51. The molecule has 0 heteroatoms. The van der Waals surface area contributed by atoms with Crippen molar-refractivity contribution in [1.29, 1.82) is 0 Å². The highest BCUT2D eigenvalue weighted by molar-refractivity contribution is 4.88. The number of hydrogen-bond acceptors (Lipinski definition) is 0. The Morgan fingerprint density at radius 1 is 0.857 bits per heavy atom. The van der Waals surface area contributed by atoms with Gasteiger partial charge in [0.15, 0.2) is 0 Å². The Morgan fingerprint density at radius 3 is 2.14 bits per heavy atom. The highest BCUT2D eigenvalue weighted by Crippen LogP contribution is 2.16. The number of unbranched alkanes of at least 4 members (excludes halogenated alkanes) is 3. The van der Waals surface area contributed by atoms with E-state index in [-0.39, 0.29) is 0 Å². The van der Waals surface area contributed by atoms with Crippen molar-refractivity contribution >= 4 is 0 Å². The summed E-state index contributed by atoms with van der Waals surface area (Å²) in [5, 5.41) is 0. The Balaban J connectivity index is 3.64. The summed E-state index contributed by atoms with van der Waals surface area (Å²) in [5.74, 6) is 0.858. The number of rotatable bonds is 9. The first-order chi connectivity index (χ1) is 6.85. The van der Waals surface area contributed by atoms with Crippen LogP contribution < -0.4 is 0 Å². The molecule has 0 saturated carbocycles. The van der Waals surface area contributed by atoms with Crippen LogP contribution in [0, 0.1) is 5.92 Å². The third-order valence-electron chi connectivity index (χ3n) is 2.72. The lowest BCUT2D eigenvalue weighted by molar-refractivity contribution is 0.510. The fraction of sp³-hybridized carbons (Fsp3) is 0.857. The largest absolute Gasteiger partial charge is 0.0883 e. The van der Waals surface area contributed by atoms with E-state index in [0.717, 1.165) is 5.92 Å². The van der Waals surface area contributed by atoms with Crippen LogP contribution in [0.25, 0.3) is 0 Å². The van der Waals surface area contributed by atoms with E-state index >= 15 is 0 Å². The average molecular weight is 196 g/mol. The maximum Gasteiger partial charge on any atom is -0.0234 e. The molecule has 0 aliphatic heterocycles. The summed E-state index contributed by atoms with van der Waals surface area (Å²) >= 11 is 0.